The summed E-state index contributed by atoms with van der Waals surface area (Å²) in [4.78, 5) is 25.8. The van der Waals surface area contributed by atoms with Gasteiger partial charge in [0.2, 0.25) is 5.92 Å². The molecule has 0 bridgehead atoms. The lowest BCUT2D eigenvalue weighted by atomic mass is 10.1. The smallest absolute Gasteiger partial charge is 0.439 e. The molecule has 1 aromatic heterocycles. The van der Waals surface area contributed by atoms with Gasteiger partial charge in [0.25, 0.3) is 5.91 Å². The zero-order chi connectivity index (χ0) is 24.4. The van der Waals surface area contributed by atoms with Gasteiger partial charge in [-0.05, 0) is 31.5 Å². The molecule has 9 nitrogen and oxygen atoms in total. The van der Waals surface area contributed by atoms with Gasteiger partial charge in [-0.25, -0.2) is 17.8 Å². The molecule has 1 aliphatic heterocycles. The molecular formula is C20H22ClF2N5O4S. The van der Waals surface area contributed by atoms with Crippen molar-refractivity contribution in [3.63, 3.8) is 0 Å². The molecule has 33 heavy (non-hydrogen) atoms. The van der Waals surface area contributed by atoms with E-state index in [1.165, 1.54) is 30.5 Å². The number of halogens is 3. The third-order valence-electron chi connectivity index (χ3n) is 5.17. The standard InChI is InChI=1S/C20H22ClF2N5O4S/c1-12-15(17(26-25-16(12)21)28-9-4-7-20(22,23)8-10-28)18(29)24-13-5-3-6-14(11-13)33(2,32)27-19(30)31/h3,5-6,11H,4,7-10H2,1-2H3,(H,24,29)(H,30,31). The first-order chi connectivity index (χ1) is 15.4. The van der Waals surface area contributed by atoms with Crippen molar-refractivity contribution in [1.82, 2.24) is 10.2 Å². The molecule has 2 amide bonds. The maximum Gasteiger partial charge on any atom is 0.439 e. The largest absolute Gasteiger partial charge is 0.463 e. The Morgan fingerprint density at radius 2 is 2.00 bits per heavy atom. The first-order valence-electron chi connectivity index (χ1n) is 9.92. The molecule has 3 rings (SSSR count). The molecule has 0 aliphatic carbocycles. The van der Waals surface area contributed by atoms with Crippen LogP contribution in [0, 0.1) is 6.92 Å². The highest BCUT2D eigenvalue weighted by Gasteiger charge is 2.34. The van der Waals surface area contributed by atoms with E-state index in [1.807, 2.05) is 0 Å². The molecule has 2 N–H and O–H groups in total. The fraction of sp³-hybridized carbons (Fsp3) is 0.400. The normalized spacial score (nSPS) is 17.5. The quantitative estimate of drug-likeness (QED) is 0.634. The minimum atomic E-state index is -3.24. The van der Waals surface area contributed by atoms with E-state index >= 15 is 0 Å². The van der Waals surface area contributed by atoms with E-state index < -0.39 is 27.7 Å². The van der Waals surface area contributed by atoms with Crippen LogP contribution in [0.2, 0.25) is 5.15 Å². The molecule has 1 atom stereocenters. The second-order valence-electron chi connectivity index (χ2n) is 7.67. The highest BCUT2D eigenvalue weighted by atomic mass is 35.5. The SMILES string of the molecule is Cc1c(Cl)nnc(N2CCCC(F)(F)CC2)c1C(=O)Nc1cccc(S(C)(=O)=NC(=O)O)c1. The second kappa shape index (κ2) is 9.56. The van der Waals surface area contributed by atoms with Gasteiger partial charge in [-0.1, -0.05) is 17.7 Å². The number of carbonyl (C=O) groups is 2. The van der Waals surface area contributed by atoms with E-state index in [2.05, 4.69) is 19.9 Å². The number of nitrogens with one attached hydrogen (secondary N) is 1. The van der Waals surface area contributed by atoms with Crippen molar-refractivity contribution in [2.45, 2.75) is 37.0 Å². The molecule has 0 radical (unpaired) electrons. The van der Waals surface area contributed by atoms with Crippen molar-refractivity contribution < 1.29 is 27.7 Å². The molecule has 1 fully saturated rings. The fourth-order valence-electron chi connectivity index (χ4n) is 3.46. The predicted octanol–water partition coefficient (Wildman–Crippen LogP) is 4.45. The molecular weight excluding hydrogens is 480 g/mol. The van der Waals surface area contributed by atoms with Gasteiger partial charge in [0, 0.05) is 48.3 Å². The second-order valence-corrected chi connectivity index (χ2v) is 10.3. The molecule has 1 saturated heterocycles. The molecule has 2 heterocycles. The number of hydrogen-bond donors (Lipinski definition) is 2. The lowest BCUT2D eigenvalue weighted by Crippen LogP contribution is -2.30. The van der Waals surface area contributed by atoms with Crippen molar-refractivity contribution >= 4 is 44.8 Å². The molecule has 1 aliphatic rings. The van der Waals surface area contributed by atoms with E-state index in [9.17, 15) is 22.6 Å². The van der Waals surface area contributed by atoms with Crippen LogP contribution in [-0.2, 0) is 9.73 Å². The van der Waals surface area contributed by atoms with E-state index in [-0.39, 0.29) is 59.5 Å². The fourth-order valence-corrected chi connectivity index (χ4v) is 4.67. The van der Waals surface area contributed by atoms with Crippen molar-refractivity contribution in [3.05, 3.63) is 40.5 Å². The first-order valence-corrected chi connectivity index (χ1v) is 12.2. The van der Waals surface area contributed by atoms with Gasteiger partial charge in [-0.15, -0.1) is 14.6 Å². The Bertz CT molecular complexity index is 1220. The number of hydrogen-bond acceptors (Lipinski definition) is 6. The molecule has 1 unspecified atom stereocenters. The maximum absolute atomic E-state index is 13.8. The Morgan fingerprint density at radius 1 is 1.27 bits per heavy atom. The van der Waals surface area contributed by atoms with Crippen molar-refractivity contribution in [3.8, 4) is 0 Å². The van der Waals surface area contributed by atoms with Gasteiger partial charge in [-0.3, -0.25) is 4.79 Å². The Labute approximate surface area is 194 Å². The number of benzene rings is 1. The minimum Gasteiger partial charge on any atom is -0.463 e. The van der Waals surface area contributed by atoms with Gasteiger partial charge < -0.3 is 15.3 Å². The summed E-state index contributed by atoms with van der Waals surface area (Å²) in [6.07, 6.45) is -0.811. The highest BCUT2D eigenvalue weighted by molar-refractivity contribution is 7.93. The Morgan fingerprint density at radius 3 is 2.70 bits per heavy atom. The summed E-state index contributed by atoms with van der Waals surface area (Å²) in [5.41, 5.74) is 0.637. The Hall–Kier alpha value is -2.86. The summed E-state index contributed by atoms with van der Waals surface area (Å²) < 4.78 is 43.4. The van der Waals surface area contributed by atoms with Crippen LogP contribution in [-0.4, -0.2) is 56.8 Å². The molecule has 13 heteroatoms. The van der Waals surface area contributed by atoms with Gasteiger partial charge in [0.1, 0.15) is 0 Å². The van der Waals surface area contributed by atoms with E-state index in [0.717, 1.165) is 0 Å². The topological polar surface area (TPSA) is 125 Å². The monoisotopic (exact) mass is 501 g/mol. The highest BCUT2D eigenvalue weighted by Crippen LogP contribution is 2.32. The van der Waals surface area contributed by atoms with Gasteiger partial charge >= 0.3 is 6.09 Å². The van der Waals surface area contributed by atoms with Crippen molar-refractivity contribution in [2.75, 3.05) is 29.6 Å². The Kier molecular flexibility index (Phi) is 7.17. The molecule has 0 spiro atoms. The summed E-state index contributed by atoms with van der Waals surface area (Å²) >= 11 is 6.08. The van der Waals surface area contributed by atoms with Crippen LogP contribution in [0.3, 0.4) is 0 Å². The van der Waals surface area contributed by atoms with Crippen LogP contribution in [0.4, 0.5) is 25.1 Å². The zero-order valence-corrected chi connectivity index (χ0v) is 19.4. The van der Waals surface area contributed by atoms with E-state index in [4.69, 9.17) is 16.7 Å². The third-order valence-corrected chi connectivity index (χ3v) is 7.16. The number of amides is 2. The van der Waals surface area contributed by atoms with Crippen LogP contribution in [0.25, 0.3) is 0 Å². The molecule has 1 aromatic carbocycles. The summed E-state index contributed by atoms with van der Waals surface area (Å²) in [6, 6.07) is 5.80. The van der Waals surface area contributed by atoms with E-state index in [1.54, 1.807) is 11.8 Å². The Balaban J connectivity index is 1.95. The van der Waals surface area contributed by atoms with Crippen LogP contribution in [0.5, 0.6) is 0 Å². The predicted molar refractivity (Wildman–Crippen MR) is 120 cm³/mol. The molecule has 0 saturated carbocycles. The lowest BCUT2D eigenvalue weighted by Gasteiger charge is -2.24. The lowest BCUT2D eigenvalue weighted by molar-refractivity contribution is -0.0102. The first kappa shape index (κ1) is 24.8. The average Bonchev–Trinajstić information content (AvgIpc) is 2.89. The summed E-state index contributed by atoms with van der Waals surface area (Å²) in [7, 11) is -3.24. The van der Waals surface area contributed by atoms with Crippen molar-refractivity contribution in [2.24, 2.45) is 4.36 Å². The summed E-state index contributed by atoms with van der Waals surface area (Å²) in [6.45, 7) is 1.84. The van der Waals surface area contributed by atoms with Gasteiger partial charge in [0.15, 0.2) is 11.0 Å². The van der Waals surface area contributed by atoms with Crippen molar-refractivity contribution in [1.29, 1.82) is 0 Å². The van der Waals surface area contributed by atoms with Gasteiger partial charge in [0.05, 0.1) is 15.3 Å². The molecule has 178 valence electrons. The number of carboxylic acid groups (broad SMARTS) is 1. The number of carbonyl (C=O) groups excluding carboxylic acids is 1. The summed E-state index contributed by atoms with van der Waals surface area (Å²) in [5, 5.41) is 19.3. The zero-order valence-electron chi connectivity index (χ0n) is 17.8. The van der Waals surface area contributed by atoms with Crippen LogP contribution >= 0.6 is 11.6 Å². The molecule has 2 aromatic rings. The van der Waals surface area contributed by atoms with Crippen LogP contribution in [0.1, 0.15) is 35.2 Å². The summed E-state index contributed by atoms with van der Waals surface area (Å²) in [5.74, 6) is -3.27. The number of rotatable bonds is 4. The number of nitrogens with zero attached hydrogens (tertiary/aromatic N) is 4. The van der Waals surface area contributed by atoms with Crippen LogP contribution < -0.4 is 10.2 Å². The minimum absolute atomic E-state index is 0.00496. The van der Waals surface area contributed by atoms with E-state index in [0.29, 0.717) is 5.56 Å². The number of anilines is 2. The average molecular weight is 502 g/mol. The van der Waals surface area contributed by atoms with Crippen LogP contribution in [0.15, 0.2) is 33.5 Å². The third kappa shape index (κ3) is 5.93. The number of alkyl halides is 2. The maximum atomic E-state index is 13.8. The van der Waals surface area contributed by atoms with Gasteiger partial charge in [-0.2, -0.15) is 0 Å². The number of aromatic nitrogens is 2.